The summed E-state index contributed by atoms with van der Waals surface area (Å²) in [7, 11) is 0. The number of halogens is 3. The highest BCUT2D eigenvalue weighted by Gasteiger charge is 2.42. The topological polar surface area (TPSA) is 105 Å². The normalized spacial score (nSPS) is 25.1. The number of hydrogen-bond donors (Lipinski definition) is 3. The molecule has 1 aliphatic heterocycles. The number of aliphatic hydroxyl groups excluding tert-OH is 2. The molecule has 2 aromatic rings. The summed E-state index contributed by atoms with van der Waals surface area (Å²) in [5, 5.41) is 23.4. The SMILES string of the molecule is [CH2][C@H]1O[C@@H](n2cnc3c(NCCSC)nc(SCCC(F)(F)F)nc32)[C@H](O)[C@@H]1O. The number of thioether (sulfide) groups is 2. The Morgan fingerprint density at radius 2 is 2.03 bits per heavy atom. The lowest BCUT2D eigenvalue weighted by molar-refractivity contribution is -0.129. The number of rotatable bonds is 8. The van der Waals surface area contributed by atoms with E-state index in [4.69, 9.17) is 4.74 Å². The molecule has 8 nitrogen and oxygen atoms in total. The first-order valence-electron chi connectivity index (χ1n) is 8.73. The average Bonchev–Trinajstić information content (AvgIpc) is 3.17. The van der Waals surface area contributed by atoms with Gasteiger partial charge in [-0.2, -0.15) is 24.9 Å². The van der Waals surface area contributed by atoms with E-state index in [0.717, 1.165) is 17.5 Å². The van der Waals surface area contributed by atoms with Crippen LogP contribution in [0.25, 0.3) is 11.2 Å². The Morgan fingerprint density at radius 1 is 1.28 bits per heavy atom. The second-order valence-corrected chi connectivity index (χ2v) is 8.41. The van der Waals surface area contributed by atoms with Crippen LogP contribution in [0.1, 0.15) is 12.6 Å². The van der Waals surface area contributed by atoms with Gasteiger partial charge >= 0.3 is 6.18 Å². The molecule has 0 aromatic carbocycles. The zero-order valence-corrected chi connectivity index (χ0v) is 17.1. The third-order valence-electron chi connectivity index (χ3n) is 4.23. The molecule has 2 aromatic heterocycles. The van der Waals surface area contributed by atoms with Gasteiger partial charge in [0.05, 0.1) is 18.9 Å². The number of imidazole rings is 1. The van der Waals surface area contributed by atoms with Gasteiger partial charge in [-0.3, -0.25) is 4.57 Å². The van der Waals surface area contributed by atoms with E-state index in [0.29, 0.717) is 17.9 Å². The Bertz CT molecular complexity index is 838. The second-order valence-electron chi connectivity index (χ2n) is 6.36. The summed E-state index contributed by atoms with van der Waals surface area (Å²) in [6.07, 6.45) is -6.13. The van der Waals surface area contributed by atoms with Gasteiger partial charge in [-0.15, -0.1) is 0 Å². The lowest BCUT2D eigenvalue weighted by Crippen LogP contribution is -2.30. The lowest BCUT2D eigenvalue weighted by atomic mass is 10.1. The largest absolute Gasteiger partial charge is 0.389 e. The van der Waals surface area contributed by atoms with Crippen molar-refractivity contribution in [2.75, 3.05) is 29.6 Å². The molecule has 1 radical (unpaired) electrons. The fourth-order valence-electron chi connectivity index (χ4n) is 2.76. The molecule has 0 unspecified atom stereocenters. The van der Waals surface area contributed by atoms with Crippen LogP contribution in [0.2, 0.25) is 0 Å². The monoisotopic (exact) mass is 452 g/mol. The fourth-order valence-corrected chi connectivity index (χ4v) is 3.89. The number of nitrogens with zero attached hydrogens (tertiary/aromatic N) is 4. The summed E-state index contributed by atoms with van der Waals surface area (Å²) in [6, 6.07) is 0. The molecule has 0 spiro atoms. The lowest BCUT2D eigenvalue weighted by Gasteiger charge is -2.17. The predicted octanol–water partition coefficient (Wildman–Crippen LogP) is 2.10. The van der Waals surface area contributed by atoms with Crippen molar-refractivity contribution in [3.8, 4) is 0 Å². The van der Waals surface area contributed by atoms with E-state index in [-0.39, 0.29) is 16.6 Å². The Labute approximate surface area is 173 Å². The van der Waals surface area contributed by atoms with Crippen LogP contribution in [0.15, 0.2) is 11.5 Å². The van der Waals surface area contributed by atoms with Crippen molar-refractivity contribution >= 4 is 40.5 Å². The Kier molecular flexibility index (Phi) is 7.14. The molecule has 1 fully saturated rings. The van der Waals surface area contributed by atoms with Crippen LogP contribution >= 0.6 is 23.5 Å². The molecular weight excluding hydrogens is 431 g/mol. The zero-order chi connectivity index (χ0) is 21.2. The minimum absolute atomic E-state index is 0.148. The summed E-state index contributed by atoms with van der Waals surface area (Å²) in [5.74, 6) is 0.953. The molecule has 0 amide bonds. The van der Waals surface area contributed by atoms with Gasteiger partial charge in [0.1, 0.15) is 12.2 Å². The van der Waals surface area contributed by atoms with Gasteiger partial charge in [-0.1, -0.05) is 11.8 Å². The van der Waals surface area contributed by atoms with Crippen LogP contribution in [0.5, 0.6) is 0 Å². The molecule has 0 aliphatic carbocycles. The Morgan fingerprint density at radius 3 is 2.66 bits per heavy atom. The summed E-state index contributed by atoms with van der Waals surface area (Å²) in [6.45, 7) is 4.21. The van der Waals surface area contributed by atoms with Crippen molar-refractivity contribution in [1.82, 2.24) is 19.5 Å². The third kappa shape index (κ3) is 5.26. The van der Waals surface area contributed by atoms with Crippen molar-refractivity contribution in [2.45, 2.75) is 42.3 Å². The maximum Gasteiger partial charge on any atom is 0.389 e. The van der Waals surface area contributed by atoms with E-state index in [1.54, 1.807) is 11.8 Å². The number of ether oxygens (including phenoxy) is 1. The number of aromatic nitrogens is 4. The van der Waals surface area contributed by atoms with Gasteiger partial charge in [0.2, 0.25) is 0 Å². The molecule has 3 rings (SSSR count). The summed E-state index contributed by atoms with van der Waals surface area (Å²) < 4.78 is 44.4. The maximum absolute atomic E-state index is 12.5. The molecule has 29 heavy (non-hydrogen) atoms. The number of hydrogen-bond acceptors (Lipinski definition) is 9. The van der Waals surface area contributed by atoms with Crippen molar-refractivity contribution in [3.05, 3.63) is 13.3 Å². The number of alkyl halides is 3. The van der Waals surface area contributed by atoms with Crippen LogP contribution < -0.4 is 5.32 Å². The third-order valence-corrected chi connectivity index (χ3v) is 5.69. The van der Waals surface area contributed by atoms with E-state index >= 15 is 0 Å². The maximum atomic E-state index is 12.5. The number of fused-ring (bicyclic) bond motifs is 1. The predicted molar refractivity (Wildman–Crippen MR) is 105 cm³/mol. The number of aliphatic hydroxyl groups is 2. The van der Waals surface area contributed by atoms with Crippen LogP contribution in [-0.2, 0) is 4.74 Å². The molecule has 0 bridgehead atoms. The molecule has 0 saturated carbocycles. The standard InChI is InChI=1S/C16H21F3N5O3S2/c1-8-10(25)11(26)14(27-8)24-7-21-9-12(20-4-6-28-2)22-15(23-13(9)24)29-5-3-16(17,18)19/h7-8,10-11,14,25-26H,1,3-6H2,2H3,(H,20,22,23)/t8-,10-,11-,14-/m1/s1. The van der Waals surface area contributed by atoms with Gasteiger partial charge in [0, 0.05) is 18.1 Å². The minimum atomic E-state index is -4.26. The molecule has 13 heteroatoms. The van der Waals surface area contributed by atoms with Gasteiger partial charge in [0.25, 0.3) is 0 Å². The number of anilines is 1. The Balaban J connectivity index is 1.92. The summed E-state index contributed by atoms with van der Waals surface area (Å²) in [4.78, 5) is 12.9. The van der Waals surface area contributed by atoms with E-state index in [9.17, 15) is 23.4 Å². The van der Waals surface area contributed by atoms with Crippen molar-refractivity contribution < 1.29 is 28.1 Å². The highest BCUT2D eigenvalue weighted by molar-refractivity contribution is 7.99. The van der Waals surface area contributed by atoms with E-state index in [1.165, 1.54) is 10.9 Å². The minimum Gasteiger partial charge on any atom is -0.388 e. The van der Waals surface area contributed by atoms with Crippen LogP contribution in [0.3, 0.4) is 0 Å². The molecule has 3 heterocycles. The average molecular weight is 453 g/mol. The van der Waals surface area contributed by atoms with E-state index in [1.807, 2.05) is 6.26 Å². The van der Waals surface area contributed by atoms with Crippen LogP contribution in [0.4, 0.5) is 19.0 Å². The number of nitrogens with one attached hydrogen (secondary N) is 1. The van der Waals surface area contributed by atoms with E-state index in [2.05, 4.69) is 27.2 Å². The van der Waals surface area contributed by atoms with Crippen LogP contribution in [-0.4, -0.2) is 78.5 Å². The quantitative estimate of drug-likeness (QED) is 0.315. The van der Waals surface area contributed by atoms with Gasteiger partial charge < -0.3 is 20.3 Å². The molecular formula is C16H21F3N5O3S2. The zero-order valence-electron chi connectivity index (χ0n) is 15.5. The molecule has 3 N–H and O–H groups in total. The van der Waals surface area contributed by atoms with Gasteiger partial charge in [0.15, 0.2) is 28.4 Å². The Hall–Kier alpha value is -1.28. The molecule has 1 aliphatic rings. The molecule has 1 saturated heterocycles. The second kappa shape index (κ2) is 9.25. The first-order chi connectivity index (χ1) is 13.7. The van der Waals surface area contributed by atoms with Crippen molar-refractivity contribution in [2.24, 2.45) is 0 Å². The molecule has 4 atom stereocenters. The van der Waals surface area contributed by atoms with Gasteiger partial charge in [-0.25, -0.2) is 15.0 Å². The molecule has 161 valence electrons. The summed E-state index contributed by atoms with van der Waals surface area (Å²) in [5.41, 5.74) is 0.676. The summed E-state index contributed by atoms with van der Waals surface area (Å²) >= 11 is 2.50. The highest BCUT2D eigenvalue weighted by atomic mass is 32.2. The van der Waals surface area contributed by atoms with Crippen molar-refractivity contribution in [3.63, 3.8) is 0 Å². The van der Waals surface area contributed by atoms with Gasteiger partial charge in [-0.05, 0) is 13.2 Å². The highest BCUT2D eigenvalue weighted by Crippen LogP contribution is 2.33. The fraction of sp³-hybridized carbons (Fsp3) is 0.625. The first-order valence-corrected chi connectivity index (χ1v) is 11.1. The smallest absolute Gasteiger partial charge is 0.388 e. The van der Waals surface area contributed by atoms with Crippen molar-refractivity contribution in [1.29, 1.82) is 0 Å². The van der Waals surface area contributed by atoms with Crippen LogP contribution in [0, 0.1) is 6.92 Å². The first kappa shape index (κ1) is 22.4. The van der Waals surface area contributed by atoms with E-state index < -0.39 is 37.1 Å².